The van der Waals surface area contributed by atoms with E-state index >= 15 is 0 Å². The Morgan fingerprint density at radius 1 is 1.00 bits per heavy atom. The lowest BCUT2D eigenvalue weighted by Crippen LogP contribution is -2.35. The lowest BCUT2D eigenvalue weighted by Gasteiger charge is -2.28. The predicted molar refractivity (Wildman–Crippen MR) is 66.0 cm³/mol. The Kier molecular flexibility index (Phi) is 4.19. The van der Waals surface area contributed by atoms with Crippen LogP contribution in [0.4, 0.5) is 0 Å². The minimum atomic E-state index is -0.304. The molecule has 3 heteroatoms. The monoisotopic (exact) mass is 223 g/mol. The summed E-state index contributed by atoms with van der Waals surface area (Å²) in [5, 5.41) is 0. The zero-order chi connectivity index (χ0) is 12.2. The summed E-state index contributed by atoms with van der Waals surface area (Å²) in [6, 6.07) is 5.82. The second-order valence-electron chi connectivity index (χ2n) is 3.96. The van der Waals surface area contributed by atoms with Gasteiger partial charge in [-0.05, 0) is 30.5 Å². The zero-order valence-electron chi connectivity index (χ0n) is 10.5. The minimum absolute atomic E-state index is 0.304. The van der Waals surface area contributed by atoms with Crippen molar-refractivity contribution in [3.8, 4) is 11.5 Å². The van der Waals surface area contributed by atoms with Crippen LogP contribution in [0.15, 0.2) is 18.2 Å². The average molecular weight is 223 g/mol. The molecule has 0 aliphatic rings. The van der Waals surface area contributed by atoms with E-state index in [4.69, 9.17) is 15.2 Å². The van der Waals surface area contributed by atoms with Crippen molar-refractivity contribution in [1.82, 2.24) is 0 Å². The van der Waals surface area contributed by atoms with E-state index in [-0.39, 0.29) is 5.54 Å². The van der Waals surface area contributed by atoms with Crippen molar-refractivity contribution in [3.05, 3.63) is 23.8 Å². The predicted octanol–water partition coefficient (Wildman–Crippen LogP) is 2.68. The van der Waals surface area contributed by atoms with Crippen LogP contribution < -0.4 is 15.2 Å². The maximum atomic E-state index is 6.35. The van der Waals surface area contributed by atoms with Crippen LogP contribution in [0, 0.1) is 0 Å². The summed E-state index contributed by atoms with van der Waals surface area (Å²) >= 11 is 0. The van der Waals surface area contributed by atoms with Crippen molar-refractivity contribution >= 4 is 0 Å². The van der Waals surface area contributed by atoms with Gasteiger partial charge in [0.1, 0.15) is 11.5 Å². The van der Waals surface area contributed by atoms with Crippen LogP contribution in [0.25, 0.3) is 0 Å². The average Bonchev–Trinajstić information content (AvgIpc) is 2.36. The molecule has 0 aromatic heterocycles. The Balaban J connectivity index is 3.21. The fraction of sp³-hybridized carbons (Fsp3) is 0.538. The summed E-state index contributed by atoms with van der Waals surface area (Å²) in [6.07, 6.45) is 1.78. The number of ether oxygens (including phenoxy) is 2. The van der Waals surface area contributed by atoms with Gasteiger partial charge in [0.05, 0.1) is 14.2 Å². The van der Waals surface area contributed by atoms with Crippen molar-refractivity contribution in [2.45, 2.75) is 32.2 Å². The molecule has 0 radical (unpaired) electrons. The number of benzene rings is 1. The SMILES string of the molecule is CCC(N)(CC)c1cc(OC)cc(OC)c1. The molecule has 3 nitrogen and oxygen atoms in total. The van der Waals surface area contributed by atoms with E-state index in [0.29, 0.717) is 0 Å². The molecule has 0 heterocycles. The lowest BCUT2D eigenvalue weighted by molar-refractivity contribution is 0.378. The highest BCUT2D eigenvalue weighted by Gasteiger charge is 2.24. The van der Waals surface area contributed by atoms with Crippen molar-refractivity contribution < 1.29 is 9.47 Å². The molecule has 0 aliphatic carbocycles. The van der Waals surface area contributed by atoms with Crippen LogP contribution >= 0.6 is 0 Å². The van der Waals surface area contributed by atoms with E-state index in [9.17, 15) is 0 Å². The second-order valence-corrected chi connectivity index (χ2v) is 3.96. The number of hydrogen-bond acceptors (Lipinski definition) is 3. The van der Waals surface area contributed by atoms with Gasteiger partial charge in [0, 0.05) is 11.6 Å². The maximum Gasteiger partial charge on any atom is 0.122 e. The highest BCUT2D eigenvalue weighted by atomic mass is 16.5. The van der Waals surface area contributed by atoms with Gasteiger partial charge in [-0.15, -0.1) is 0 Å². The minimum Gasteiger partial charge on any atom is -0.497 e. The van der Waals surface area contributed by atoms with Crippen LogP contribution in [0.1, 0.15) is 32.3 Å². The second kappa shape index (κ2) is 5.21. The van der Waals surface area contributed by atoms with Gasteiger partial charge in [0.2, 0.25) is 0 Å². The lowest BCUT2D eigenvalue weighted by atomic mass is 9.85. The van der Waals surface area contributed by atoms with Crippen molar-refractivity contribution in [2.24, 2.45) is 5.73 Å². The number of rotatable bonds is 5. The molecule has 0 bridgehead atoms. The molecule has 0 saturated carbocycles. The van der Waals surface area contributed by atoms with E-state index in [1.807, 2.05) is 18.2 Å². The molecule has 1 aromatic carbocycles. The first-order valence-electron chi connectivity index (χ1n) is 5.62. The third kappa shape index (κ3) is 2.47. The summed E-state index contributed by atoms with van der Waals surface area (Å²) in [4.78, 5) is 0. The molecule has 16 heavy (non-hydrogen) atoms. The topological polar surface area (TPSA) is 44.5 Å². The molecule has 1 rings (SSSR count). The highest BCUT2D eigenvalue weighted by Crippen LogP contribution is 2.32. The largest absolute Gasteiger partial charge is 0.497 e. The third-order valence-electron chi connectivity index (χ3n) is 3.19. The standard InChI is InChI=1S/C13H21NO2/c1-5-13(14,6-2)10-7-11(15-3)9-12(8-10)16-4/h7-9H,5-6,14H2,1-4H3. The summed E-state index contributed by atoms with van der Waals surface area (Å²) < 4.78 is 10.5. The van der Waals surface area contributed by atoms with Gasteiger partial charge in [-0.2, -0.15) is 0 Å². The van der Waals surface area contributed by atoms with Crippen LogP contribution in [-0.4, -0.2) is 14.2 Å². The fourth-order valence-corrected chi connectivity index (χ4v) is 1.75. The van der Waals surface area contributed by atoms with Gasteiger partial charge in [-0.25, -0.2) is 0 Å². The number of methoxy groups -OCH3 is 2. The van der Waals surface area contributed by atoms with Gasteiger partial charge in [0.25, 0.3) is 0 Å². The highest BCUT2D eigenvalue weighted by molar-refractivity contribution is 5.41. The van der Waals surface area contributed by atoms with Crippen LogP contribution in [0.3, 0.4) is 0 Å². The Hall–Kier alpha value is -1.22. The number of nitrogens with two attached hydrogens (primary N) is 1. The molecule has 1 aromatic rings. The molecule has 0 amide bonds. The summed E-state index contributed by atoms with van der Waals surface area (Å²) in [7, 11) is 3.29. The van der Waals surface area contributed by atoms with E-state index in [1.165, 1.54) is 0 Å². The molecule has 2 N–H and O–H groups in total. The molecule has 90 valence electrons. The summed E-state index contributed by atoms with van der Waals surface area (Å²) in [5.41, 5.74) is 7.11. The smallest absolute Gasteiger partial charge is 0.122 e. The third-order valence-corrected chi connectivity index (χ3v) is 3.19. The first-order chi connectivity index (χ1) is 7.59. The van der Waals surface area contributed by atoms with Gasteiger partial charge in [-0.1, -0.05) is 13.8 Å². The molecule has 0 fully saturated rings. The summed E-state index contributed by atoms with van der Waals surface area (Å²) in [5.74, 6) is 1.57. The molecular weight excluding hydrogens is 202 g/mol. The number of hydrogen-bond donors (Lipinski definition) is 1. The van der Waals surface area contributed by atoms with Gasteiger partial charge in [-0.3, -0.25) is 0 Å². The van der Waals surface area contributed by atoms with E-state index in [0.717, 1.165) is 29.9 Å². The van der Waals surface area contributed by atoms with E-state index < -0.39 is 0 Å². The molecule has 0 spiro atoms. The Bertz CT molecular complexity index is 324. The summed E-state index contributed by atoms with van der Waals surface area (Å²) in [6.45, 7) is 4.19. The maximum absolute atomic E-state index is 6.35. The van der Waals surface area contributed by atoms with Crippen LogP contribution in [0.5, 0.6) is 11.5 Å². The fourth-order valence-electron chi connectivity index (χ4n) is 1.75. The Morgan fingerprint density at radius 2 is 1.44 bits per heavy atom. The first kappa shape index (κ1) is 12.8. The van der Waals surface area contributed by atoms with Gasteiger partial charge < -0.3 is 15.2 Å². The molecule has 0 unspecified atom stereocenters. The van der Waals surface area contributed by atoms with Crippen molar-refractivity contribution in [1.29, 1.82) is 0 Å². The first-order valence-corrected chi connectivity index (χ1v) is 5.62. The van der Waals surface area contributed by atoms with Gasteiger partial charge >= 0.3 is 0 Å². The zero-order valence-corrected chi connectivity index (χ0v) is 10.5. The normalized spacial score (nSPS) is 11.3. The molecule has 0 atom stereocenters. The van der Waals surface area contributed by atoms with Crippen molar-refractivity contribution in [3.63, 3.8) is 0 Å². The Morgan fingerprint density at radius 3 is 1.75 bits per heavy atom. The molecule has 0 saturated heterocycles. The van der Waals surface area contributed by atoms with E-state index in [1.54, 1.807) is 14.2 Å². The molecular formula is C13H21NO2. The van der Waals surface area contributed by atoms with Crippen LogP contribution in [0.2, 0.25) is 0 Å². The van der Waals surface area contributed by atoms with Gasteiger partial charge in [0.15, 0.2) is 0 Å². The Labute approximate surface area is 97.6 Å². The molecule has 0 aliphatic heterocycles. The van der Waals surface area contributed by atoms with E-state index in [2.05, 4.69) is 13.8 Å². The quantitative estimate of drug-likeness (QED) is 0.834. The van der Waals surface area contributed by atoms with Crippen molar-refractivity contribution in [2.75, 3.05) is 14.2 Å². The van der Waals surface area contributed by atoms with Crippen LogP contribution in [-0.2, 0) is 5.54 Å².